The summed E-state index contributed by atoms with van der Waals surface area (Å²) >= 11 is 0. The second kappa shape index (κ2) is 15.4. The molecular weight excluding hydrogens is 590 g/mol. The Morgan fingerprint density at radius 1 is 1.22 bits per heavy atom. The van der Waals surface area contributed by atoms with Crippen LogP contribution >= 0.6 is 0 Å². The number of allylic oxidation sites excluding steroid dienone is 1. The molecular formula is C35H49N3O8. The molecule has 3 saturated heterocycles. The lowest BCUT2D eigenvalue weighted by Crippen LogP contribution is -2.59. The number of methoxy groups -OCH3 is 1. The lowest BCUT2D eigenvalue weighted by Gasteiger charge is -2.40. The molecule has 0 unspecified atom stereocenters. The average Bonchev–Trinajstić information content (AvgIpc) is 3.69. The Hall–Kier alpha value is -3.54. The highest BCUT2D eigenvalue weighted by Crippen LogP contribution is 2.59. The van der Waals surface area contributed by atoms with Gasteiger partial charge in [-0.25, -0.2) is 0 Å². The van der Waals surface area contributed by atoms with Crippen LogP contribution < -0.4 is 5.32 Å². The standard InChI is InChI=1S/C35H49N3O8/c1-7-10-16-27(40)36-25(21-44-6)30(23-14-12-11-13-15-23)45-34(43)28-26-17-18-35(46-26)29(28)32(41)38(24(9-3)20-39)31(35)33(42)37(19-8-2)22(4)5/h7-8,11-15,22,24-26,28-31,39H,1-2,9-10,16-21H2,3-6H3,(H,36,40)/t24-,25-,26-,28+,29+,30-,31-,35+/m0/s1. The molecule has 2 N–H and O–H groups in total. The summed E-state index contributed by atoms with van der Waals surface area (Å²) in [5.41, 5.74) is -0.594. The summed E-state index contributed by atoms with van der Waals surface area (Å²) in [7, 11) is 1.50. The number of likely N-dealkylation sites (tertiary alicyclic amines) is 1. The molecule has 3 heterocycles. The predicted octanol–water partition coefficient (Wildman–Crippen LogP) is 2.94. The van der Waals surface area contributed by atoms with E-state index < -0.39 is 59.6 Å². The molecule has 46 heavy (non-hydrogen) atoms. The van der Waals surface area contributed by atoms with Crippen molar-refractivity contribution in [2.75, 3.05) is 26.9 Å². The number of carbonyl (C=O) groups is 4. The molecule has 4 rings (SSSR count). The van der Waals surface area contributed by atoms with E-state index in [-0.39, 0.29) is 44.0 Å². The van der Waals surface area contributed by atoms with Crippen LogP contribution in [0.25, 0.3) is 0 Å². The molecule has 1 spiro atoms. The van der Waals surface area contributed by atoms with Crippen molar-refractivity contribution in [3.63, 3.8) is 0 Å². The maximum atomic E-state index is 14.4. The fraction of sp³-hybridized carbons (Fsp3) is 0.600. The number of hydrogen-bond donors (Lipinski definition) is 2. The molecule has 0 aromatic heterocycles. The molecule has 3 aliphatic rings. The van der Waals surface area contributed by atoms with Crippen LogP contribution in [0, 0.1) is 11.8 Å². The van der Waals surface area contributed by atoms with E-state index in [0.717, 1.165) is 0 Å². The summed E-state index contributed by atoms with van der Waals surface area (Å²) < 4.78 is 18.3. The molecule has 11 heteroatoms. The van der Waals surface area contributed by atoms with Gasteiger partial charge in [-0.3, -0.25) is 19.2 Å². The minimum Gasteiger partial charge on any atom is -0.455 e. The largest absolute Gasteiger partial charge is 0.455 e. The van der Waals surface area contributed by atoms with Gasteiger partial charge in [0.1, 0.15) is 17.7 Å². The van der Waals surface area contributed by atoms with E-state index in [4.69, 9.17) is 14.2 Å². The normalized spacial score (nSPS) is 26.7. The van der Waals surface area contributed by atoms with E-state index in [2.05, 4.69) is 18.5 Å². The number of rotatable bonds is 17. The third kappa shape index (κ3) is 6.63. The fourth-order valence-electron chi connectivity index (χ4n) is 7.42. The topological polar surface area (TPSA) is 135 Å². The van der Waals surface area contributed by atoms with Crippen molar-refractivity contribution in [2.45, 2.75) is 94.9 Å². The van der Waals surface area contributed by atoms with Gasteiger partial charge in [0.2, 0.25) is 17.7 Å². The van der Waals surface area contributed by atoms with Crippen LogP contribution in [0.1, 0.15) is 64.5 Å². The Labute approximate surface area is 271 Å². The van der Waals surface area contributed by atoms with Gasteiger partial charge in [-0.15, -0.1) is 13.2 Å². The summed E-state index contributed by atoms with van der Waals surface area (Å²) in [6.45, 7) is 13.1. The van der Waals surface area contributed by atoms with Gasteiger partial charge in [-0.2, -0.15) is 0 Å². The van der Waals surface area contributed by atoms with Gasteiger partial charge in [0, 0.05) is 26.1 Å². The second-order valence-corrected chi connectivity index (χ2v) is 12.6. The molecule has 1 aromatic rings. The molecule has 0 aliphatic carbocycles. The first-order valence-electron chi connectivity index (χ1n) is 16.3. The molecule has 1 aromatic carbocycles. The van der Waals surface area contributed by atoms with Gasteiger partial charge in [-0.05, 0) is 45.1 Å². The molecule has 252 valence electrons. The molecule has 3 fully saturated rings. The Morgan fingerprint density at radius 2 is 1.93 bits per heavy atom. The predicted molar refractivity (Wildman–Crippen MR) is 171 cm³/mol. The highest BCUT2D eigenvalue weighted by atomic mass is 16.6. The molecule has 2 bridgehead atoms. The quantitative estimate of drug-likeness (QED) is 0.196. The lowest BCUT2D eigenvalue weighted by atomic mass is 9.70. The summed E-state index contributed by atoms with van der Waals surface area (Å²) in [5.74, 6) is -3.52. The smallest absolute Gasteiger partial charge is 0.313 e. The number of fused-ring (bicyclic) bond motifs is 1. The van der Waals surface area contributed by atoms with Gasteiger partial charge >= 0.3 is 5.97 Å². The number of amides is 3. The van der Waals surface area contributed by atoms with Crippen LogP contribution in [-0.4, -0.2) is 101 Å². The van der Waals surface area contributed by atoms with E-state index in [1.165, 1.54) is 12.0 Å². The highest BCUT2D eigenvalue weighted by Gasteiger charge is 2.75. The van der Waals surface area contributed by atoms with E-state index in [1.807, 2.05) is 39.0 Å². The van der Waals surface area contributed by atoms with Crippen molar-refractivity contribution >= 4 is 23.7 Å². The monoisotopic (exact) mass is 639 g/mol. The van der Waals surface area contributed by atoms with Gasteiger partial charge in [0.15, 0.2) is 0 Å². The maximum absolute atomic E-state index is 14.4. The summed E-state index contributed by atoms with van der Waals surface area (Å²) in [4.78, 5) is 58.9. The number of carbonyl (C=O) groups excluding carboxylic acids is 4. The van der Waals surface area contributed by atoms with Crippen LogP contribution in [0.4, 0.5) is 0 Å². The summed E-state index contributed by atoms with van der Waals surface area (Å²) in [5, 5.41) is 13.3. The van der Waals surface area contributed by atoms with Gasteiger partial charge < -0.3 is 34.4 Å². The zero-order valence-electron chi connectivity index (χ0n) is 27.4. The van der Waals surface area contributed by atoms with E-state index in [1.54, 1.807) is 29.2 Å². The van der Waals surface area contributed by atoms with Crippen LogP contribution in [0.15, 0.2) is 55.6 Å². The minimum absolute atomic E-state index is 0.0664. The first kappa shape index (κ1) is 35.3. The number of nitrogens with one attached hydrogen (secondary N) is 1. The summed E-state index contributed by atoms with van der Waals surface area (Å²) in [6.07, 6.45) is 3.74. The second-order valence-electron chi connectivity index (χ2n) is 12.6. The minimum atomic E-state index is -1.24. The number of benzene rings is 1. The Morgan fingerprint density at radius 3 is 2.52 bits per heavy atom. The zero-order chi connectivity index (χ0) is 33.6. The fourth-order valence-corrected chi connectivity index (χ4v) is 7.42. The molecule has 3 amide bonds. The Balaban J connectivity index is 1.71. The SMILES string of the molecule is C=CCCC(=O)N[C@@H](COC)[C@@H](OC(=O)[C@@H]1[C@@H]2CC[C@]3(O2)[C@H](C(=O)N(CC=C)C(C)C)N([C@@H](CC)CO)C(=O)[C@@H]13)c1ccccc1. The number of aliphatic hydroxyl groups is 1. The van der Waals surface area contributed by atoms with E-state index in [9.17, 15) is 24.3 Å². The van der Waals surface area contributed by atoms with Crippen LogP contribution in [0.2, 0.25) is 0 Å². The van der Waals surface area contributed by atoms with Crippen LogP contribution in [0.3, 0.4) is 0 Å². The van der Waals surface area contributed by atoms with Crippen molar-refractivity contribution in [1.82, 2.24) is 15.1 Å². The average molecular weight is 640 g/mol. The summed E-state index contributed by atoms with van der Waals surface area (Å²) in [6, 6.07) is 6.53. The first-order chi connectivity index (χ1) is 22.1. The molecule has 8 atom stereocenters. The number of ether oxygens (including phenoxy) is 3. The molecule has 0 saturated carbocycles. The Bertz CT molecular complexity index is 1270. The van der Waals surface area contributed by atoms with Crippen LogP contribution in [-0.2, 0) is 33.4 Å². The van der Waals surface area contributed by atoms with Gasteiger partial charge in [-0.1, -0.05) is 49.4 Å². The van der Waals surface area contributed by atoms with Gasteiger partial charge in [0.05, 0.1) is 43.2 Å². The van der Waals surface area contributed by atoms with E-state index in [0.29, 0.717) is 31.2 Å². The van der Waals surface area contributed by atoms with E-state index >= 15 is 0 Å². The van der Waals surface area contributed by atoms with Crippen molar-refractivity contribution in [2.24, 2.45) is 11.8 Å². The zero-order valence-corrected chi connectivity index (χ0v) is 27.4. The molecule has 0 radical (unpaired) electrons. The third-order valence-electron chi connectivity index (χ3n) is 9.56. The number of hydrogen-bond acceptors (Lipinski definition) is 8. The lowest BCUT2D eigenvalue weighted by molar-refractivity contribution is -0.163. The van der Waals surface area contributed by atoms with Crippen molar-refractivity contribution in [3.8, 4) is 0 Å². The number of nitrogens with zero attached hydrogens (tertiary/aromatic N) is 2. The van der Waals surface area contributed by atoms with Gasteiger partial charge in [0.25, 0.3) is 0 Å². The third-order valence-corrected chi connectivity index (χ3v) is 9.56. The maximum Gasteiger partial charge on any atom is 0.313 e. The molecule has 3 aliphatic heterocycles. The molecule has 11 nitrogen and oxygen atoms in total. The van der Waals surface area contributed by atoms with Crippen molar-refractivity contribution in [3.05, 3.63) is 61.2 Å². The highest BCUT2D eigenvalue weighted by molar-refractivity contribution is 5.98. The Kier molecular flexibility index (Phi) is 11.8. The first-order valence-corrected chi connectivity index (χ1v) is 16.3. The number of aliphatic hydroxyl groups excluding tert-OH is 1. The van der Waals surface area contributed by atoms with Crippen molar-refractivity contribution < 1.29 is 38.5 Å². The number of esters is 1. The van der Waals surface area contributed by atoms with Crippen LogP contribution in [0.5, 0.6) is 0 Å². The van der Waals surface area contributed by atoms with Crippen molar-refractivity contribution in [1.29, 1.82) is 0 Å².